The third-order valence-electron chi connectivity index (χ3n) is 4.04. The van der Waals surface area contributed by atoms with Gasteiger partial charge in [0.1, 0.15) is 0 Å². The topological polar surface area (TPSA) is 42.0 Å². The lowest BCUT2D eigenvalue weighted by Crippen LogP contribution is -2.15. The van der Waals surface area contributed by atoms with Crippen LogP contribution >= 0.6 is 23.1 Å². The molecule has 0 aliphatic heterocycles. The number of aromatic nitrogens is 1. The predicted octanol–water partition coefficient (Wildman–Crippen LogP) is 5.47. The Morgan fingerprint density at radius 2 is 1.88 bits per heavy atom. The van der Waals surface area contributed by atoms with Crippen molar-refractivity contribution in [3.05, 3.63) is 64.5 Å². The van der Waals surface area contributed by atoms with Gasteiger partial charge in [-0.05, 0) is 38.0 Å². The summed E-state index contributed by atoms with van der Waals surface area (Å²) in [5.41, 5.74) is 6.46. The minimum atomic E-state index is -0.00853. The summed E-state index contributed by atoms with van der Waals surface area (Å²) in [6.45, 7) is 6.13. The summed E-state index contributed by atoms with van der Waals surface area (Å²) >= 11 is 3.05. The third kappa shape index (κ3) is 4.50. The van der Waals surface area contributed by atoms with Crippen molar-refractivity contribution >= 4 is 34.7 Å². The van der Waals surface area contributed by atoms with Crippen LogP contribution in [0.4, 0.5) is 5.69 Å². The van der Waals surface area contributed by atoms with E-state index in [0.29, 0.717) is 5.75 Å². The summed E-state index contributed by atoms with van der Waals surface area (Å²) in [6, 6.07) is 14.3. The van der Waals surface area contributed by atoms with Gasteiger partial charge in [-0.2, -0.15) is 0 Å². The van der Waals surface area contributed by atoms with E-state index in [1.165, 1.54) is 22.9 Å². The fourth-order valence-corrected chi connectivity index (χ4v) is 4.02. The van der Waals surface area contributed by atoms with Crippen LogP contribution in [0.3, 0.4) is 0 Å². The van der Waals surface area contributed by atoms with E-state index in [-0.39, 0.29) is 5.91 Å². The van der Waals surface area contributed by atoms with Crippen molar-refractivity contribution in [1.29, 1.82) is 0 Å². The third-order valence-corrected chi connectivity index (χ3v) is 6.06. The minimum Gasteiger partial charge on any atom is -0.325 e. The Hall–Kier alpha value is -2.11. The lowest BCUT2D eigenvalue weighted by Gasteiger charge is -2.09. The van der Waals surface area contributed by atoms with E-state index in [9.17, 15) is 4.79 Å². The first-order valence-electron chi connectivity index (χ1n) is 8.04. The van der Waals surface area contributed by atoms with Crippen molar-refractivity contribution in [2.75, 3.05) is 11.1 Å². The summed E-state index contributed by atoms with van der Waals surface area (Å²) in [6.07, 6.45) is 0. The van der Waals surface area contributed by atoms with Crippen LogP contribution in [0.1, 0.15) is 16.7 Å². The van der Waals surface area contributed by atoms with Crippen molar-refractivity contribution in [2.24, 2.45) is 0 Å². The number of hydrogen-bond acceptors (Lipinski definition) is 4. The molecule has 3 aromatic rings. The molecule has 0 aliphatic rings. The number of anilines is 1. The van der Waals surface area contributed by atoms with Crippen LogP contribution in [0, 0.1) is 20.8 Å². The van der Waals surface area contributed by atoms with Gasteiger partial charge in [0, 0.05) is 16.6 Å². The standard InChI is InChI=1S/C20H20N2OS2/c1-13-7-9-16(10-8-13)18-11-24-20(22-18)25-12-19(23)21-17-6-4-5-14(2)15(17)3/h4-11H,12H2,1-3H3,(H,21,23). The summed E-state index contributed by atoms with van der Waals surface area (Å²) < 4.78 is 0.909. The van der Waals surface area contributed by atoms with Crippen LogP contribution in [0.5, 0.6) is 0 Å². The van der Waals surface area contributed by atoms with Gasteiger partial charge in [-0.15, -0.1) is 11.3 Å². The maximum Gasteiger partial charge on any atom is 0.234 e. The number of benzene rings is 2. The molecule has 0 aliphatic carbocycles. The fourth-order valence-electron chi connectivity index (χ4n) is 2.38. The molecular formula is C20H20N2OS2. The van der Waals surface area contributed by atoms with Crippen LogP contribution < -0.4 is 5.32 Å². The molecule has 0 spiro atoms. The van der Waals surface area contributed by atoms with Gasteiger partial charge in [-0.25, -0.2) is 4.98 Å². The van der Waals surface area contributed by atoms with Gasteiger partial charge in [0.15, 0.2) is 4.34 Å². The van der Waals surface area contributed by atoms with Gasteiger partial charge in [0.2, 0.25) is 5.91 Å². The SMILES string of the molecule is Cc1ccc(-c2csc(SCC(=O)Nc3cccc(C)c3C)n2)cc1. The zero-order valence-electron chi connectivity index (χ0n) is 14.5. The Balaban J connectivity index is 1.59. The molecule has 0 radical (unpaired) electrons. The highest BCUT2D eigenvalue weighted by Gasteiger charge is 2.10. The summed E-state index contributed by atoms with van der Waals surface area (Å²) in [5.74, 6) is 0.347. The van der Waals surface area contributed by atoms with Crippen LogP contribution in [0.15, 0.2) is 52.2 Å². The van der Waals surface area contributed by atoms with Crippen molar-refractivity contribution in [3.63, 3.8) is 0 Å². The van der Waals surface area contributed by atoms with Gasteiger partial charge in [0.25, 0.3) is 0 Å². The molecule has 128 valence electrons. The van der Waals surface area contributed by atoms with E-state index in [2.05, 4.69) is 41.5 Å². The number of hydrogen-bond donors (Lipinski definition) is 1. The first-order valence-corrected chi connectivity index (χ1v) is 9.91. The van der Waals surface area contributed by atoms with E-state index in [1.54, 1.807) is 11.3 Å². The second-order valence-corrected chi connectivity index (χ2v) is 8.03. The molecule has 0 atom stereocenters. The first kappa shape index (κ1) is 17.7. The van der Waals surface area contributed by atoms with Crippen molar-refractivity contribution in [1.82, 2.24) is 4.98 Å². The smallest absolute Gasteiger partial charge is 0.234 e. The molecule has 5 heteroatoms. The lowest BCUT2D eigenvalue weighted by molar-refractivity contribution is -0.113. The Kier molecular flexibility index (Phi) is 5.56. The molecule has 3 nitrogen and oxygen atoms in total. The van der Waals surface area contributed by atoms with E-state index in [1.807, 2.05) is 37.4 Å². The van der Waals surface area contributed by atoms with Crippen molar-refractivity contribution in [2.45, 2.75) is 25.1 Å². The van der Waals surface area contributed by atoms with Crippen LogP contribution in [-0.2, 0) is 4.79 Å². The van der Waals surface area contributed by atoms with Gasteiger partial charge in [0.05, 0.1) is 11.4 Å². The van der Waals surface area contributed by atoms with Gasteiger partial charge in [-0.3, -0.25) is 4.79 Å². The lowest BCUT2D eigenvalue weighted by atomic mass is 10.1. The molecule has 0 unspecified atom stereocenters. The van der Waals surface area contributed by atoms with Crippen LogP contribution in [-0.4, -0.2) is 16.6 Å². The summed E-state index contributed by atoms with van der Waals surface area (Å²) in [7, 11) is 0. The molecule has 3 rings (SSSR count). The molecule has 1 heterocycles. The predicted molar refractivity (Wildman–Crippen MR) is 108 cm³/mol. The molecule has 0 saturated carbocycles. The van der Waals surface area contributed by atoms with Crippen molar-refractivity contribution in [3.8, 4) is 11.3 Å². The van der Waals surface area contributed by atoms with Crippen LogP contribution in [0.25, 0.3) is 11.3 Å². The quantitative estimate of drug-likeness (QED) is 0.608. The molecule has 0 fully saturated rings. The second kappa shape index (κ2) is 7.85. The Morgan fingerprint density at radius 3 is 2.64 bits per heavy atom. The van der Waals surface area contributed by atoms with E-state index < -0.39 is 0 Å². The average molecular weight is 369 g/mol. The largest absolute Gasteiger partial charge is 0.325 e. The number of carbonyl (C=O) groups excluding carboxylic acids is 1. The number of carbonyl (C=O) groups is 1. The molecule has 1 amide bonds. The fraction of sp³-hybridized carbons (Fsp3) is 0.200. The average Bonchev–Trinajstić information content (AvgIpc) is 3.07. The van der Waals surface area contributed by atoms with Crippen molar-refractivity contribution < 1.29 is 4.79 Å². The number of thiazole rings is 1. The molecule has 25 heavy (non-hydrogen) atoms. The first-order chi connectivity index (χ1) is 12.0. The highest BCUT2D eigenvalue weighted by molar-refractivity contribution is 8.01. The number of nitrogens with one attached hydrogen (secondary N) is 1. The van der Waals surface area contributed by atoms with Gasteiger partial charge < -0.3 is 5.32 Å². The normalized spacial score (nSPS) is 10.7. The number of thioether (sulfide) groups is 1. The second-order valence-electron chi connectivity index (χ2n) is 5.95. The molecule has 0 saturated heterocycles. The summed E-state index contributed by atoms with van der Waals surface area (Å²) in [5, 5.41) is 5.02. The van der Waals surface area contributed by atoms with Gasteiger partial charge in [-0.1, -0.05) is 53.7 Å². The Morgan fingerprint density at radius 1 is 1.12 bits per heavy atom. The minimum absolute atomic E-state index is 0.00853. The van der Waals surface area contributed by atoms with Gasteiger partial charge >= 0.3 is 0 Å². The Labute approximate surface area is 156 Å². The molecular weight excluding hydrogens is 348 g/mol. The maximum absolute atomic E-state index is 12.2. The molecule has 2 aromatic carbocycles. The zero-order valence-corrected chi connectivity index (χ0v) is 16.1. The Bertz CT molecular complexity index is 885. The molecule has 0 bridgehead atoms. The maximum atomic E-state index is 12.2. The number of rotatable bonds is 5. The zero-order chi connectivity index (χ0) is 17.8. The number of nitrogens with zero attached hydrogens (tertiary/aromatic N) is 1. The van der Waals surface area contributed by atoms with Crippen LogP contribution in [0.2, 0.25) is 0 Å². The molecule has 1 aromatic heterocycles. The highest BCUT2D eigenvalue weighted by atomic mass is 32.2. The van der Waals surface area contributed by atoms with E-state index in [0.717, 1.165) is 26.8 Å². The molecule has 1 N–H and O–H groups in total. The number of amides is 1. The number of aryl methyl sites for hydroxylation is 2. The highest BCUT2D eigenvalue weighted by Crippen LogP contribution is 2.28. The van der Waals surface area contributed by atoms with E-state index >= 15 is 0 Å². The summed E-state index contributed by atoms with van der Waals surface area (Å²) in [4.78, 5) is 16.8. The monoisotopic (exact) mass is 368 g/mol. The van der Waals surface area contributed by atoms with E-state index in [4.69, 9.17) is 0 Å².